The molecule has 0 bridgehead atoms. The summed E-state index contributed by atoms with van der Waals surface area (Å²) < 4.78 is 0. The summed E-state index contributed by atoms with van der Waals surface area (Å²) >= 11 is 0. The fraction of sp³-hybridized carbons (Fsp3) is 0.700. The van der Waals surface area contributed by atoms with Gasteiger partial charge >= 0.3 is 0 Å². The maximum absolute atomic E-state index is 10.2. The molecule has 12 heavy (non-hydrogen) atoms. The van der Waals surface area contributed by atoms with E-state index >= 15 is 0 Å². The lowest BCUT2D eigenvalue weighted by atomic mass is 10.1. The molecule has 70 valence electrons. The molecule has 0 saturated carbocycles. The van der Waals surface area contributed by atoms with E-state index in [4.69, 9.17) is 0 Å². The maximum atomic E-state index is 10.2. The highest BCUT2D eigenvalue weighted by molar-refractivity contribution is 5.83. The van der Waals surface area contributed by atoms with E-state index < -0.39 is 5.97 Å². The second-order valence-corrected chi connectivity index (χ2v) is 3.02. The standard InChI is InChI=1S/C10H18O2/c1-3-4-5-6-7-8-9(2)10(11)12/h8H,3-7H2,1-2H3,(H,11,12)/p-1/b9-8+. The molecule has 0 rings (SSSR count). The van der Waals surface area contributed by atoms with Gasteiger partial charge < -0.3 is 9.90 Å². The first-order valence-electron chi connectivity index (χ1n) is 4.56. The molecule has 0 aromatic heterocycles. The number of allylic oxidation sites excluding steroid dienone is 1. The molecule has 0 heterocycles. The molecule has 0 spiro atoms. The van der Waals surface area contributed by atoms with Crippen LogP contribution in [0.1, 0.15) is 46.0 Å². The van der Waals surface area contributed by atoms with Gasteiger partial charge in [0.1, 0.15) is 0 Å². The number of carboxylic acids is 1. The molecule has 0 aromatic rings. The van der Waals surface area contributed by atoms with Crippen molar-refractivity contribution in [3.05, 3.63) is 11.6 Å². The Labute approximate surface area is 74.3 Å². The Hall–Kier alpha value is -0.790. The topological polar surface area (TPSA) is 40.1 Å². The molecule has 0 radical (unpaired) electrons. The number of carbonyl (C=O) groups is 1. The molecule has 0 aromatic carbocycles. The molecule has 0 saturated heterocycles. The number of hydrogen-bond donors (Lipinski definition) is 0. The molecular formula is C10H17O2-. The predicted molar refractivity (Wildman–Crippen MR) is 47.5 cm³/mol. The zero-order valence-electron chi connectivity index (χ0n) is 7.93. The molecule has 0 aliphatic carbocycles. The maximum Gasteiger partial charge on any atom is 0.0668 e. The average Bonchev–Trinajstić information content (AvgIpc) is 2.03. The highest BCUT2D eigenvalue weighted by Crippen LogP contribution is 2.04. The van der Waals surface area contributed by atoms with Crippen molar-refractivity contribution >= 4 is 5.97 Å². The largest absolute Gasteiger partial charge is 0.545 e. The van der Waals surface area contributed by atoms with E-state index in [9.17, 15) is 9.90 Å². The molecule has 0 amide bonds. The van der Waals surface area contributed by atoms with Crippen molar-refractivity contribution in [3.8, 4) is 0 Å². The fourth-order valence-electron chi connectivity index (χ4n) is 0.973. The molecule has 2 heteroatoms. The lowest BCUT2D eigenvalue weighted by molar-refractivity contribution is -0.299. The molecule has 0 atom stereocenters. The third-order valence-electron chi connectivity index (χ3n) is 1.83. The zero-order chi connectivity index (χ0) is 9.40. The number of aliphatic carboxylic acids is 1. The van der Waals surface area contributed by atoms with Crippen LogP contribution in [0, 0.1) is 0 Å². The van der Waals surface area contributed by atoms with Crippen molar-refractivity contribution in [1.82, 2.24) is 0 Å². The summed E-state index contributed by atoms with van der Waals surface area (Å²) in [6.45, 7) is 3.73. The molecule has 2 nitrogen and oxygen atoms in total. The second-order valence-electron chi connectivity index (χ2n) is 3.02. The highest BCUT2D eigenvalue weighted by Gasteiger charge is 1.89. The monoisotopic (exact) mass is 169 g/mol. The Bertz CT molecular complexity index is 159. The van der Waals surface area contributed by atoms with E-state index in [1.54, 1.807) is 13.0 Å². The Morgan fingerprint density at radius 2 is 2.00 bits per heavy atom. The van der Waals surface area contributed by atoms with Gasteiger partial charge in [0.05, 0.1) is 5.97 Å². The Kier molecular flexibility index (Phi) is 6.44. The lowest BCUT2D eigenvalue weighted by Crippen LogP contribution is -2.22. The van der Waals surface area contributed by atoms with Gasteiger partial charge in [-0.25, -0.2) is 0 Å². The van der Waals surface area contributed by atoms with Crippen LogP contribution in [-0.4, -0.2) is 5.97 Å². The first kappa shape index (κ1) is 11.2. The molecule has 0 fully saturated rings. The van der Waals surface area contributed by atoms with Crippen molar-refractivity contribution in [1.29, 1.82) is 0 Å². The van der Waals surface area contributed by atoms with Gasteiger partial charge in [-0.3, -0.25) is 0 Å². The van der Waals surface area contributed by atoms with Crippen LogP contribution in [0.15, 0.2) is 11.6 Å². The van der Waals surface area contributed by atoms with Crippen LogP contribution in [0.2, 0.25) is 0 Å². The predicted octanol–water partition coefficient (Wildman–Crippen LogP) is 1.65. The van der Waals surface area contributed by atoms with Crippen LogP contribution >= 0.6 is 0 Å². The average molecular weight is 169 g/mol. The minimum atomic E-state index is -1.05. The number of carbonyl (C=O) groups excluding carboxylic acids is 1. The van der Waals surface area contributed by atoms with E-state index in [2.05, 4.69) is 6.92 Å². The Balaban J connectivity index is 3.40. The van der Waals surface area contributed by atoms with Gasteiger partial charge in [0.15, 0.2) is 0 Å². The summed E-state index contributed by atoms with van der Waals surface area (Å²) in [7, 11) is 0. The SMILES string of the molecule is CCCCCC/C=C(\C)C(=O)[O-]. The van der Waals surface area contributed by atoms with Crippen LogP contribution in [0.5, 0.6) is 0 Å². The van der Waals surface area contributed by atoms with E-state index in [0.29, 0.717) is 5.57 Å². The van der Waals surface area contributed by atoms with Gasteiger partial charge in [0.25, 0.3) is 0 Å². The zero-order valence-corrected chi connectivity index (χ0v) is 7.93. The normalized spacial score (nSPS) is 11.7. The number of carboxylic acid groups (broad SMARTS) is 1. The summed E-state index contributed by atoms with van der Waals surface area (Å²) in [4.78, 5) is 10.2. The molecular weight excluding hydrogens is 152 g/mol. The summed E-state index contributed by atoms with van der Waals surface area (Å²) in [6, 6.07) is 0. The van der Waals surface area contributed by atoms with Crippen LogP contribution in [0.25, 0.3) is 0 Å². The quantitative estimate of drug-likeness (QED) is 0.448. The van der Waals surface area contributed by atoms with Crippen LogP contribution < -0.4 is 5.11 Å². The first-order chi connectivity index (χ1) is 5.68. The first-order valence-corrected chi connectivity index (χ1v) is 4.56. The summed E-state index contributed by atoms with van der Waals surface area (Å²) in [5, 5.41) is 10.2. The Morgan fingerprint density at radius 3 is 2.50 bits per heavy atom. The van der Waals surface area contributed by atoms with Crippen molar-refractivity contribution < 1.29 is 9.90 Å². The molecule has 0 aliphatic heterocycles. The van der Waals surface area contributed by atoms with Crippen molar-refractivity contribution in [3.63, 3.8) is 0 Å². The fourth-order valence-corrected chi connectivity index (χ4v) is 0.973. The van der Waals surface area contributed by atoms with Gasteiger partial charge in [-0.2, -0.15) is 0 Å². The smallest absolute Gasteiger partial charge is 0.0668 e. The number of unbranched alkanes of at least 4 members (excludes halogenated alkanes) is 4. The lowest BCUT2D eigenvalue weighted by Gasteiger charge is -2.01. The van der Waals surface area contributed by atoms with Crippen molar-refractivity contribution in [2.45, 2.75) is 46.0 Å². The van der Waals surface area contributed by atoms with Gasteiger partial charge in [-0.05, 0) is 25.3 Å². The van der Waals surface area contributed by atoms with Gasteiger partial charge in [-0.1, -0.05) is 32.3 Å². The van der Waals surface area contributed by atoms with Crippen molar-refractivity contribution in [2.75, 3.05) is 0 Å². The van der Waals surface area contributed by atoms with E-state index in [1.807, 2.05) is 0 Å². The van der Waals surface area contributed by atoms with E-state index in [1.165, 1.54) is 19.3 Å². The minimum absolute atomic E-state index is 0.353. The molecule has 0 aliphatic rings. The summed E-state index contributed by atoms with van der Waals surface area (Å²) in [5.74, 6) is -1.05. The number of rotatable bonds is 6. The van der Waals surface area contributed by atoms with Crippen LogP contribution in [-0.2, 0) is 4.79 Å². The third-order valence-corrected chi connectivity index (χ3v) is 1.83. The molecule has 0 unspecified atom stereocenters. The second kappa shape index (κ2) is 6.89. The van der Waals surface area contributed by atoms with E-state index in [-0.39, 0.29) is 0 Å². The highest BCUT2D eigenvalue weighted by atomic mass is 16.4. The Morgan fingerprint density at radius 1 is 1.33 bits per heavy atom. The third kappa shape index (κ3) is 5.96. The van der Waals surface area contributed by atoms with Crippen LogP contribution in [0.3, 0.4) is 0 Å². The van der Waals surface area contributed by atoms with Gasteiger partial charge in [-0.15, -0.1) is 0 Å². The minimum Gasteiger partial charge on any atom is -0.545 e. The summed E-state index contributed by atoms with van der Waals surface area (Å²) in [6.07, 6.45) is 7.32. The van der Waals surface area contributed by atoms with Crippen molar-refractivity contribution in [2.24, 2.45) is 0 Å². The van der Waals surface area contributed by atoms with Crippen LogP contribution in [0.4, 0.5) is 0 Å². The number of hydrogen-bond acceptors (Lipinski definition) is 2. The van der Waals surface area contributed by atoms with Gasteiger partial charge in [0, 0.05) is 0 Å². The van der Waals surface area contributed by atoms with Gasteiger partial charge in [0.2, 0.25) is 0 Å². The molecule has 0 N–H and O–H groups in total. The summed E-state index contributed by atoms with van der Waals surface area (Å²) in [5.41, 5.74) is 0.353. The van der Waals surface area contributed by atoms with E-state index in [0.717, 1.165) is 12.8 Å².